The molecule has 1 heterocycles. The average molecular weight is 349 g/mol. The molecule has 0 unspecified atom stereocenters. The van der Waals surface area contributed by atoms with Crippen molar-refractivity contribution in [3.05, 3.63) is 51.8 Å². The molecule has 0 saturated carbocycles. The first-order valence-electron chi connectivity index (χ1n) is 6.65. The minimum absolute atomic E-state index is 0.0609. The zero-order valence-corrected chi connectivity index (χ0v) is 13.8. The van der Waals surface area contributed by atoms with Crippen molar-refractivity contribution in [2.24, 2.45) is 0 Å². The van der Waals surface area contributed by atoms with Crippen molar-refractivity contribution in [3.8, 4) is 5.75 Å². The van der Waals surface area contributed by atoms with Crippen LogP contribution in [-0.4, -0.2) is 22.7 Å². The summed E-state index contributed by atoms with van der Waals surface area (Å²) in [5, 5.41) is 4.28. The SMILES string of the molecule is CCn1cc(C(=O)/C=C/c2cc(Br)ccc2OC)c(C)n1. The fourth-order valence-electron chi connectivity index (χ4n) is 2.01. The van der Waals surface area contributed by atoms with E-state index in [-0.39, 0.29) is 5.78 Å². The number of aromatic nitrogens is 2. The van der Waals surface area contributed by atoms with E-state index in [2.05, 4.69) is 21.0 Å². The number of aryl methyl sites for hydroxylation is 2. The van der Waals surface area contributed by atoms with Gasteiger partial charge in [-0.15, -0.1) is 0 Å². The molecular weight excluding hydrogens is 332 g/mol. The molecule has 0 amide bonds. The van der Waals surface area contributed by atoms with Gasteiger partial charge in [-0.25, -0.2) is 0 Å². The molecule has 5 heteroatoms. The lowest BCUT2D eigenvalue weighted by Crippen LogP contribution is -1.95. The number of hydrogen-bond acceptors (Lipinski definition) is 3. The van der Waals surface area contributed by atoms with Crippen LogP contribution in [-0.2, 0) is 6.54 Å². The van der Waals surface area contributed by atoms with Crippen LogP contribution in [0.4, 0.5) is 0 Å². The summed E-state index contributed by atoms with van der Waals surface area (Å²) in [5.41, 5.74) is 2.22. The van der Waals surface area contributed by atoms with E-state index in [1.807, 2.05) is 32.0 Å². The fraction of sp³-hybridized carbons (Fsp3) is 0.250. The van der Waals surface area contributed by atoms with Crippen LogP contribution in [0.3, 0.4) is 0 Å². The molecule has 1 aromatic heterocycles. The van der Waals surface area contributed by atoms with E-state index in [1.54, 1.807) is 30.1 Å². The van der Waals surface area contributed by atoms with Gasteiger partial charge in [0.05, 0.1) is 18.4 Å². The van der Waals surface area contributed by atoms with E-state index in [0.717, 1.165) is 28.0 Å². The summed E-state index contributed by atoms with van der Waals surface area (Å²) in [6.45, 7) is 4.58. The Labute approximate surface area is 132 Å². The summed E-state index contributed by atoms with van der Waals surface area (Å²) in [7, 11) is 1.61. The second kappa shape index (κ2) is 6.72. The van der Waals surface area contributed by atoms with Crippen LogP contribution < -0.4 is 4.74 Å². The minimum Gasteiger partial charge on any atom is -0.496 e. The summed E-state index contributed by atoms with van der Waals surface area (Å²) < 4.78 is 7.98. The smallest absolute Gasteiger partial charge is 0.189 e. The number of allylic oxidation sites excluding steroid dienone is 1. The molecule has 110 valence electrons. The van der Waals surface area contributed by atoms with Crippen LogP contribution in [0.2, 0.25) is 0 Å². The predicted molar refractivity (Wildman–Crippen MR) is 86.7 cm³/mol. The monoisotopic (exact) mass is 348 g/mol. The van der Waals surface area contributed by atoms with Gasteiger partial charge in [0, 0.05) is 22.8 Å². The number of carbonyl (C=O) groups excluding carboxylic acids is 1. The second-order valence-electron chi connectivity index (χ2n) is 4.57. The molecule has 1 aromatic carbocycles. The van der Waals surface area contributed by atoms with Crippen LogP contribution in [0.25, 0.3) is 6.08 Å². The van der Waals surface area contributed by atoms with E-state index >= 15 is 0 Å². The third-order valence-corrected chi connectivity index (χ3v) is 3.64. The highest BCUT2D eigenvalue weighted by Gasteiger charge is 2.10. The van der Waals surface area contributed by atoms with Gasteiger partial charge in [0.15, 0.2) is 5.78 Å². The molecule has 0 saturated heterocycles. The lowest BCUT2D eigenvalue weighted by molar-refractivity contribution is 0.104. The zero-order valence-electron chi connectivity index (χ0n) is 12.3. The molecule has 0 aliphatic carbocycles. The zero-order chi connectivity index (χ0) is 15.4. The number of carbonyl (C=O) groups is 1. The van der Waals surface area contributed by atoms with Gasteiger partial charge >= 0.3 is 0 Å². The number of benzene rings is 1. The Hall–Kier alpha value is -1.88. The van der Waals surface area contributed by atoms with Gasteiger partial charge in [0.25, 0.3) is 0 Å². The molecule has 0 aliphatic heterocycles. The topological polar surface area (TPSA) is 44.1 Å². The molecule has 2 aromatic rings. The molecule has 0 N–H and O–H groups in total. The summed E-state index contributed by atoms with van der Waals surface area (Å²) in [5.74, 6) is 0.664. The van der Waals surface area contributed by atoms with Crippen molar-refractivity contribution >= 4 is 27.8 Å². The summed E-state index contributed by atoms with van der Waals surface area (Å²) >= 11 is 3.41. The Balaban J connectivity index is 2.26. The highest BCUT2D eigenvalue weighted by molar-refractivity contribution is 9.10. The molecule has 0 aliphatic rings. The van der Waals surface area contributed by atoms with Crippen molar-refractivity contribution in [1.29, 1.82) is 0 Å². The molecule has 0 radical (unpaired) electrons. The van der Waals surface area contributed by atoms with Crippen LogP contribution in [0, 0.1) is 6.92 Å². The normalized spacial score (nSPS) is 11.0. The summed E-state index contributed by atoms with van der Waals surface area (Å²) in [6, 6.07) is 5.66. The highest BCUT2D eigenvalue weighted by atomic mass is 79.9. The number of methoxy groups -OCH3 is 1. The maximum absolute atomic E-state index is 12.3. The standard InChI is InChI=1S/C16H17BrN2O2/c1-4-19-10-14(11(2)18-19)15(20)7-5-12-9-13(17)6-8-16(12)21-3/h5-10H,4H2,1-3H3/b7-5+. The number of ether oxygens (including phenoxy) is 1. The van der Waals surface area contributed by atoms with Crippen LogP contribution in [0.15, 0.2) is 34.9 Å². The van der Waals surface area contributed by atoms with Crippen LogP contribution in [0.1, 0.15) is 28.5 Å². The van der Waals surface area contributed by atoms with Gasteiger partial charge in [0.2, 0.25) is 0 Å². The third-order valence-electron chi connectivity index (χ3n) is 3.14. The first kappa shape index (κ1) is 15.5. The first-order valence-corrected chi connectivity index (χ1v) is 7.44. The van der Waals surface area contributed by atoms with Gasteiger partial charge in [-0.2, -0.15) is 5.10 Å². The van der Waals surface area contributed by atoms with Gasteiger partial charge in [0.1, 0.15) is 5.75 Å². The van der Waals surface area contributed by atoms with Crippen molar-refractivity contribution < 1.29 is 9.53 Å². The Kier molecular flexibility index (Phi) is 4.96. The molecule has 0 fully saturated rings. The van der Waals surface area contributed by atoms with Crippen molar-refractivity contribution in [1.82, 2.24) is 9.78 Å². The number of halogens is 1. The predicted octanol–water partition coefficient (Wildman–Crippen LogP) is 3.88. The van der Waals surface area contributed by atoms with Gasteiger partial charge in [-0.3, -0.25) is 9.48 Å². The van der Waals surface area contributed by atoms with Crippen molar-refractivity contribution in [3.63, 3.8) is 0 Å². The Morgan fingerprint density at radius 2 is 2.24 bits per heavy atom. The lowest BCUT2D eigenvalue weighted by Gasteiger charge is -2.04. The number of rotatable bonds is 5. The first-order chi connectivity index (χ1) is 10.0. The van der Waals surface area contributed by atoms with Gasteiger partial charge < -0.3 is 4.74 Å². The molecule has 0 atom stereocenters. The second-order valence-corrected chi connectivity index (χ2v) is 5.48. The summed E-state index contributed by atoms with van der Waals surface area (Å²) in [6.07, 6.45) is 5.09. The lowest BCUT2D eigenvalue weighted by atomic mass is 10.1. The maximum Gasteiger partial charge on any atom is 0.189 e. The minimum atomic E-state index is -0.0609. The van der Waals surface area contributed by atoms with Crippen molar-refractivity contribution in [2.45, 2.75) is 20.4 Å². The van der Waals surface area contributed by atoms with E-state index in [9.17, 15) is 4.79 Å². The number of hydrogen-bond donors (Lipinski definition) is 0. The van der Waals surface area contributed by atoms with Crippen LogP contribution >= 0.6 is 15.9 Å². The van der Waals surface area contributed by atoms with E-state index in [1.165, 1.54) is 0 Å². The Morgan fingerprint density at radius 1 is 1.48 bits per heavy atom. The van der Waals surface area contributed by atoms with Crippen molar-refractivity contribution in [2.75, 3.05) is 7.11 Å². The summed E-state index contributed by atoms with van der Waals surface area (Å²) in [4.78, 5) is 12.3. The average Bonchev–Trinajstić information content (AvgIpc) is 2.86. The van der Waals surface area contributed by atoms with E-state index < -0.39 is 0 Å². The van der Waals surface area contributed by atoms with Gasteiger partial charge in [-0.05, 0) is 44.2 Å². The molecule has 21 heavy (non-hydrogen) atoms. The van der Waals surface area contributed by atoms with E-state index in [0.29, 0.717) is 5.56 Å². The maximum atomic E-state index is 12.3. The van der Waals surface area contributed by atoms with Crippen LogP contribution in [0.5, 0.6) is 5.75 Å². The molecule has 2 rings (SSSR count). The number of nitrogens with zero attached hydrogens (tertiary/aromatic N) is 2. The molecule has 4 nitrogen and oxygen atoms in total. The van der Waals surface area contributed by atoms with E-state index in [4.69, 9.17) is 4.74 Å². The highest BCUT2D eigenvalue weighted by Crippen LogP contribution is 2.24. The largest absolute Gasteiger partial charge is 0.496 e. The molecule has 0 bridgehead atoms. The molecule has 0 spiro atoms. The Bertz CT molecular complexity index is 690. The Morgan fingerprint density at radius 3 is 2.86 bits per heavy atom. The quantitative estimate of drug-likeness (QED) is 0.608. The van der Waals surface area contributed by atoms with Gasteiger partial charge in [-0.1, -0.05) is 15.9 Å². The molecular formula is C16H17BrN2O2. The fourth-order valence-corrected chi connectivity index (χ4v) is 2.39. The number of ketones is 1. The third kappa shape index (κ3) is 3.61.